The molecule has 1 rings (SSSR count). The van der Waals surface area contributed by atoms with Crippen LogP contribution >= 0.6 is 0 Å². The molecule has 1 aromatic carbocycles. The van der Waals surface area contributed by atoms with Gasteiger partial charge in [-0.3, -0.25) is 9.44 Å². The van der Waals surface area contributed by atoms with E-state index in [4.69, 9.17) is 4.74 Å². The van der Waals surface area contributed by atoms with Gasteiger partial charge < -0.3 is 4.74 Å². The molecule has 9 heteroatoms. The van der Waals surface area contributed by atoms with Gasteiger partial charge in [0.1, 0.15) is 5.75 Å². The number of benzene rings is 1. The monoisotopic (exact) mass is 294 g/mol. The van der Waals surface area contributed by atoms with Crippen molar-refractivity contribution in [1.82, 2.24) is 0 Å². The van der Waals surface area contributed by atoms with Gasteiger partial charge in [0.25, 0.3) is 0 Å². The van der Waals surface area contributed by atoms with Gasteiger partial charge in [-0.15, -0.1) is 0 Å². The molecule has 0 spiro atoms. The Hall–Kier alpha value is -1.48. The Balaban J connectivity index is 3.17. The maximum atomic E-state index is 11.2. The summed E-state index contributed by atoms with van der Waals surface area (Å²) in [6.07, 6.45) is 1.99. The zero-order valence-corrected chi connectivity index (χ0v) is 11.7. The molecule has 0 aliphatic carbocycles. The Morgan fingerprint density at radius 1 is 1.00 bits per heavy atom. The van der Waals surface area contributed by atoms with Crippen molar-refractivity contribution in [1.29, 1.82) is 0 Å². The summed E-state index contributed by atoms with van der Waals surface area (Å²) in [7, 11) is -5.52. The summed E-state index contributed by atoms with van der Waals surface area (Å²) in [5.41, 5.74) is 0.401. The largest absolute Gasteiger partial charge is 0.495 e. The van der Waals surface area contributed by atoms with E-state index in [1.807, 2.05) is 0 Å². The van der Waals surface area contributed by atoms with Gasteiger partial charge in [-0.05, 0) is 18.2 Å². The second-order valence-electron chi connectivity index (χ2n) is 3.66. The molecular formula is C9H14N2O5S2. The number of anilines is 2. The third-order valence-corrected chi connectivity index (χ3v) is 3.00. The molecule has 0 atom stereocenters. The molecule has 0 aliphatic rings. The highest BCUT2D eigenvalue weighted by Gasteiger charge is 2.10. The van der Waals surface area contributed by atoms with Gasteiger partial charge in [0, 0.05) is 0 Å². The zero-order chi connectivity index (χ0) is 14.0. The van der Waals surface area contributed by atoms with Gasteiger partial charge in [0.05, 0.1) is 31.0 Å². The number of nitrogens with one attached hydrogen (secondary N) is 2. The van der Waals surface area contributed by atoms with Crippen LogP contribution in [0.2, 0.25) is 0 Å². The molecule has 0 amide bonds. The third-order valence-electron chi connectivity index (χ3n) is 1.80. The van der Waals surface area contributed by atoms with E-state index in [1.54, 1.807) is 0 Å². The maximum Gasteiger partial charge on any atom is 0.229 e. The maximum absolute atomic E-state index is 11.2. The van der Waals surface area contributed by atoms with Crippen LogP contribution in [0.3, 0.4) is 0 Å². The highest BCUT2D eigenvalue weighted by Crippen LogP contribution is 2.28. The van der Waals surface area contributed by atoms with Crippen molar-refractivity contribution in [3.8, 4) is 5.75 Å². The van der Waals surface area contributed by atoms with Crippen LogP contribution in [0.1, 0.15) is 0 Å². The lowest BCUT2D eigenvalue weighted by molar-refractivity contribution is 0.417. The van der Waals surface area contributed by atoms with Gasteiger partial charge >= 0.3 is 0 Å². The Labute approximate surface area is 106 Å². The molecule has 2 N–H and O–H groups in total. The molecule has 0 bridgehead atoms. The van der Waals surface area contributed by atoms with Crippen LogP contribution in [-0.2, 0) is 20.0 Å². The van der Waals surface area contributed by atoms with Gasteiger partial charge in [-0.2, -0.15) is 0 Å². The summed E-state index contributed by atoms with van der Waals surface area (Å²) in [4.78, 5) is 0. The number of ether oxygens (including phenoxy) is 1. The van der Waals surface area contributed by atoms with Crippen molar-refractivity contribution in [3.05, 3.63) is 18.2 Å². The number of sulfonamides is 2. The van der Waals surface area contributed by atoms with Crippen LogP contribution in [0.4, 0.5) is 11.4 Å². The van der Waals surface area contributed by atoms with Gasteiger partial charge in [-0.1, -0.05) is 0 Å². The van der Waals surface area contributed by atoms with E-state index < -0.39 is 20.0 Å². The summed E-state index contributed by atoms with van der Waals surface area (Å²) in [6.45, 7) is 0. The predicted octanol–water partition coefficient (Wildman–Crippen LogP) is 0.438. The molecule has 0 heterocycles. The Kier molecular flexibility index (Phi) is 4.07. The first-order valence-electron chi connectivity index (χ1n) is 4.74. The number of hydrogen-bond donors (Lipinski definition) is 2. The van der Waals surface area contributed by atoms with Crippen LogP contribution in [-0.4, -0.2) is 36.5 Å². The molecule has 102 valence electrons. The van der Waals surface area contributed by atoms with Gasteiger partial charge in [0.2, 0.25) is 20.0 Å². The third kappa shape index (κ3) is 4.80. The lowest BCUT2D eigenvalue weighted by atomic mass is 10.2. The molecule has 0 saturated heterocycles. The Bertz CT molecular complexity index is 637. The van der Waals surface area contributed by atoms with Crippen LogP contribution in [0.15, 0.2) is 18.2 Å². The summed E-state index contributed by atoms with van der Waals surface area (Å²) < 4.78 is 53.9. The van der Waals surface area contributed by atoms with Gasteiger partial charge in [-0.25, -0.2) is 16.8 Å². The van der Waals surface area contributed by atoms with E-state index in [2.05, 4.69) is 9.44 Å². The van der Waals surface area contributed by atoms with E-state index in [-0.39, 0.29) is 11.4 Å². The fourth-order valence-electron chi connectivity index (χ4n) is 1.27. The minimum Gasteiger partial charge on any atom is -0.495 e. The van der Waals surface area contributed by atoms with Crippen LogP contribution in [0.25, 0.3) is 0 Å². The standard InChI is InChI=1S/C9H14N2O5S2/c1-16-9-5-4-7(10-17(2,12)13)6-8(9)11-18(3,14)15/h4-6,10-11H,1-3H3. The van der Waals surface area contributed by atoms with E-state index in [9.17, 15) is 16.8 Å². The highest BCUT2D eigenvalue weighted by atomic mass is 32.2. The Morgan fingerprint density at radius 2 is 1.56 bits per heavy atom. The molecule has 0 unspecified atom stereocenters. The lowest BCUT2D eigenvalue weighted by Crippen LogP contribution is -2.12. The predicted molar refractivity (Wildman–Crippen MR) is 69.9 cm³/mol. The quantitative estimate of drug-likeness (QED) is 0.820. The van der Waals surface area contributed by atoms with Crippen molar-refractivity contribution >= 4 is 31.4 Å². The first-order valence-corrected chi connectivity index (χ1v) is 8.52. The zero-order valence-electron chi connectivity index (χ0n) is 10.1. The molecule has 18 heavy (non-hydrogen) atoms. The van der Waals surface area contributed by atoms with Crippen molar-refractivity contribution in [2.45, 2.75) is 0 Å². The van der Waals surface area contributed by atoms with Crippen molar-refractivity contribution in [2.24, 2.45) is 0 Å². The summed E-state index contributed by atoms with van der Waals surface area (Å²) in [6, 6.07) is 4.26. The fourth-order valence-corrected chi connectivity index (χ4v) is 2.38. The van der Waals surface area contributed by atoms with Crippen molar-refractivity contribution in [2.75, 3.05) is 29.1 Å². The summed E-state index contributed by atoms with van der Waals surface area (Å²) in [5, 5.41) is 0. The minimum absolute atomic E-state index is 0.161. The molecule has 1 aromatic rings. The average molecular weight is 294 g/mol. The highest BCUT2D eigenvalue weighted by molar-refractivity contribution is 7.92. The van der Waals surface area contributed by atoms with Gasteiger partial charge in [0.15, 0.2) is 0 Å². The smallest absolute Gasteiger partial charge is 0.229 e. The van der Waals surface area contributed by atoms with Crippen molar-refractivity contribution in [3.63, 3.8) is 0 Å². The SMILES string of the molecule is COc1ccc(NS(C)(=O)=O)cc1NS(C)(=O)=O. The molecular weight excluding hydrogens is 280 g/mol. The molecule has 0 aromatic heterocycles. The topological polar surface area (TPSA) is 102 Å². The number of hydrogen-bond acceptors (Lipinski definition) is 5. The lowest BCUT2D eigenvalue weighted by Gasteiger charge is -2.12. The van der Waals surface area contributed by atoms with Crippen molar-refractivity contribution < 1.29 is 21.6 Å². The molecule has 0 radical (unpaired) electrons. The number of rotatable bonds is 5. The summed E-state index contributed by atoms with van der Waals surface area (Å²) >= 11 is 0. The molecule has 0 fully saturated rings. The molecule has 7 nitrogen and oxygen atoms in total. The normalized spacial score (nSPS) is 11.9. The minimum atomic E-state index is -3.48. The summed E-state index contributed by atoms with van der Waals surface area (Å²) in [5.74, 6) is 0.291. The number of methoxy groups -OCH3 is 1. The second-order valence-corrected chi connectivity index (χ2v) is 7.16. The first-order chi connectivity index (χ1) is 8.11. The first kappa shape index (κ1) is 14.6. The van der Waals surface area contributed by atoms with E-state index in [1.165, 1.54) is 25.3 Å². The van der Waals surface area contributed by atoms with E-state index >= 15 is 0 Å². The van der Waals surface area contributed by atoms with Crippen LogP contribution in [0, 0.1) is 0 Å². The van der Waals surface area contributed by atoms with E-state index in [0.29, 0.717) is 5.75 Å². The molecule has 0 saturated carbocycles. The van der Waals surface area contributed by atoms with E-state index in [0.717, 1.165) is 12.5 Å². The Morgan fingerprint density at radius 3 is 2.00 bits per heavy atom. The average Bonchev–Trinajstić information content (AvgIpc) is 2.12. The second kappa shape index (κ2) is 5.02. The fraction of sp³-hybridized carbons (Fsp3) is 0.333. The molecule has 0 aliphatic heterocycles. The van der Waals surface area contributed by atoms with Crippen LogP contribution in [0.5, 0.6) is 5.75 Å². The van der Waals surface area contributed by atoms with Crippen LogP contribution < -0.4 is 14.2 Å².